The van der Waals surface area contributed by atoms with Gasteiger partial charge < -0.3 is 5.73 Å². The summed E-state index contributed by atoms with van der Waals surface area (Å²) in [5.74, 6) is 1.92. The summed E-state index contributed by atoms with van der Waals surface area (Å²) in [6, 6.07) is 6.56. The number of aromatic nitrogens is 2. The van der Waals surface area contributed by atoms with Crippen LogP contribution in [0.25, 0.3) is 11.1 Å². The molecule has 0 aliphatic carbocycles. The molecule has 3 rings (SSSR count). The first kappa shape index (κ1) is 9.78. The van der Waals surface area contributed by atoms with Crippen molar-refractivity contribution in [1.29, 1.82) is 0 Å². The minimum Gasteiger partial charge on any atom is -0.383 e. The maximum Gasteiger partial charge on any atom is 0.129 e. The molecule has 4 heteroatoms. The van der Waals surface area contributed by atoms with Gasteiger partial charge in [-0.05, 0) is 29.7 Å². The molecule has 0 fully saturated rings. The summed E-state index contributed by atoms with van der Waals surface area (Å²) in [5, 5.41) is 4.17. The Balaban J connectivity index is 2.10. The highest BCUT2D eigenvalue weighted by Crippen LogP contribution is 2.35. The molecular formula is C12H13N3S. The highest BCUT2D eigenvalue weighted by molar-refractivity contribution is 7.99. The predicted molar refractivity (Wildman–Crippen MR) is 67.5 cm³/mol. The highest BCUT2D eigenvalue weighted by atomic mass is 32.2. The topological polar surface area (TPSA) is 43.8 Å². The summed E-state index contributed by atoms with van der Waals surface area (Å²) >= 11 is 1.93. The second-order valence-corrected chi connectivity index (χ2v) is 5.12. The minimum atomic E-state index is 0.727. The van der Waals surface area contributed by atoms with E-state index in [-0.39, 0.29) is 0 Å². The summed E-state index contributed by atoms with van der Waals surface area (Å²) < 4.78 is 1.71. The van der Waals surface area contributed by atoms with E-state index in [1.54, 1.807) is 4.68 Å². The van der Waals surface area contributed by atoms with Crippen LogP contribution in [0.15, 0.2) is 29.3 Å². The van der Waals surface area contributed by atoms with Gasteiger partial charge in [-0.25, -0.2) is 0 Å². The second kappa shape index (κ2) is 3.56. The average molecular weight is 231 g/mol. The predicted octanol–water partition coefficient (Wildman–Crippen LogP) is 2.32. The van der Waals surface area contributed by atoms with Crippen LogP contribution in [-0.2, 0) is 13.5 Å². The molecule has 1 aliphatic rings. The fourth-order valence-corrected chi connectivity index (χ4v) is 3.08. The maximum absolute atomic E-state index is 5.98. The van der Waals surface area contributed by atoms with Crippen molar-refractivity contribution in [3.8, 4) is 11.1 Å². The molecule has 0 spiro atoms. The molecule has 0 atom stereocenters. The molecule has 1 aliphatic heterocycles. The number of rotatable bonds is 1. The van der Waals surface area contributed by atoms with Gasteiger partial charge in [-0.1, -0.05) is 6.07 Å². The largest absolute Gasteiger partial charge is 0.383 e. The smallest absolute Gasteiger partial charge is 0.129 e. The lowest BCUT2D eigenvalue weighted by molar-refractivity contribution is 0.779. The van der Waals surface area contributed by atoms with Gasteiger partial charge in [0.15, 0.2) is 0 Å². The number of thioether (sulfide) groups is 1. The average Bonchev–Trinajstić information content (AvgIpc) is 2.86. The van der Waals surface area contributed by atoms with E-state index >= 15 is 0 Å². The normalized spacial score (nSPS) is 14.1. The van der Waals surface area contributed by atoms with Gasteiger partial charge in [0.25, 0.3) is 0 Å². The Morgan fingerprint density at radius 3 is 3.06 bits per heavy atom. The van der Waals surface area contributed by atoms with Crippen molar-refractivity contribution >= 4 is 17.6 Å². The fraction of sp³-hybridized carbons (Fsp3) is 0.250. The van der Waals surface area contributed by atoms with E-state index in [0.717, 1.165) is 17.8 Å². The molecule has 16 heavy (non-hydrogen) atoms. The van der Waals surface area contributed by atoms with Crippen LogP contribution >= 0.6 is 11.8 Å². The number of nitrogen functional groups attached to an aromatic ring is 1. The van der Waals surface area contributed by atoms with Gasteiger partial charge in [-0.2, -0.15) is 5.10 Å². The maximum atomic E-state index is 5.98. The second-order valence-electron chi connectivity index (χ2n) is 3.99. The SMILES string of the molecule is Cn1ncc(-c2ccc3c(c2)CCS3)c1N. The summed E-state index contributed by atoms with van der Waals surface area (Å²) in [6.45, 7) is 0. The molecule has 1 aromatic heterocycles. The summed E-state index contributed by atoms with van der Waals surface area (Å²) in [4.78, 5) is 1.41. The quantitative estimate of drug-likeness (QED) is 0.819. The Labute approximate surface area is 98.6 Å². The molecule has 0 bridgehead atoms. The molecule has 2 N–H and O–H groups in total. The molecule has 0 saturated carbocycles. The zero-order valence-corrected chi connectivity index (χ0v) is 9.92. The molecule has 0 unspecified atom stereocenters. The Morgan fingerprint density at radius 1 is 1.44 bits per heavy atom. The van der Waals surface area contributed by atoms with Crippen LogP contribution in [0.3, 0.4) is 0 Å². The van der Waals surface area contributed by atoms with Crippen molar-refractivity contribution in [3.63, 3.8) is 0 Å². The highest BCUT2D eigenvalue weighted by Gasteiger charge is 2.14. The van der Waals surface area contributed by atoms with Crippen LogP contribution in [-0.4, -0.2) is 15.5 Å². The Morgan fingerprint density at radius 2 is 2.31 bits per heavy atom. The van der Waals surface area contributed by atoms with Crippen molar-refractivity contribution < 1.29 is 0 Å². The van der Waals surface area contributed by atoms with Gasteiger partial charge >= 0.3 is 0 Å². The van der Waals surface area contributed by atoms with Crippen molar-refractivity contribution in [1.82, 2.24) is 9.78 Å². The van der Waals surface area contributed by atoms with Crippen molar-refractivity contribution in [2.45, 2.75) is 11.3 Å². The number of benzene rings is 1. The van der Waals surface area contributed by atoms with Gasteiger partial charge in [-0.15, -0.1) is 11.8 Å². The van der Waals surface area contributed by atoms with Crippen LogP contribution in [0.1, 0.15) is 5.56 Å². The number of hydrogen-bond acceptors (Lipinski definition) is 3. The minimum absolute atomic E-state index is 0.727. The molecule has 3 nitrogen and oxygen atoms in total. The van der Waals surface area contributed by atoms with Crippen molar-refractivity contribution in [2.24, 2.45) is 7.05 Å². The van der Waals surface area contributed by atoms with E-state index in [1.807, 2.05) is 25.0 Å². The van der Waals surface area contributed by atoms with Gasteiger partial charge in [-0.3, -0.25) is 4.68 Å². The summed E-state index contributed by atoms with van der Waals surface area (Å²) in [7, 11) is 1.86. The Hall–Kier alpha value is -1.42. The molecule has 2 aromatic rings. The third-order valence-electron chi connectivity index (χ3n) is 2.99. The van der Waals surface area contributed by atoms with Gasteiger partial charge in [0.05, 0.1) is 6.20 Å². The first-order valence-corrected chi connectivity index (χ1v) is 6.28. The molecule has 2 heterocycles. The van der Waals surface area contributed by atoms with E-state index < -0.39 is 0 Å². The van der Waals surface area contributed by atoms with E-state index in [0.29, 0.717) is 0 Å². The number of nitrogens with zero attached hydrogens (tertiary/aromatic N) is 2. The van der Waals surface area contributed by atoms with Gasteiger partial charge in [0.1, 0.15) is 5.82 Å². The summed E-state index contributed by atoms with van der Waals surface area (Å²) in [6.07, 6.45) is 2.99. The van der Waals surface area contributed by atoms with E-state index in [1.165, 1.54) is 21.8 Å². The van der Waals surface area contributed by atoms with E-state index in [2.05, 4.69) is 23.3 Å². The van der Waals surface area contributed by atoms with Gasteiger partial charge in [0.2, 0.25) is 0 Å². The van der Waals surface area contributed by atoms with Crippen LogP contribution in [0.5, 0.6) is 0 Å². The van der Waals surface area contributed by atoms with Crippen LogP contribution in [0, 0.1) is 0 Å². The Kier molecular flexibility index (Phi) is 2.17. The molecule has 82 valence electrons. The van der Waals surface area contributed by atoms with Crippen LogP contribution in [0.4, 0.5) is 5.82 Å². The van der Waals surface area contributed by atoms with E-state index in [9.17, 15) is 0 Å². The van der Waals surface area contributed by atoms with Gasteiger partial charge in [0, 0.05) is 23.3 Å². The zero-order chi connectivity index (χ0) is 11.1. The van der Waals surface area contributed by atoms with Crippen LogP contribution < -0.4 is 5.73 Å². The number of anilines is 1. The molecule has 0 radical (unpaired) electrons. The lowest BCUT2D eigenvalue weighted by Crippen LogP contribution is -1.98. The lowest BCUT2D eigenvalue weighted by atomic mass is 10.0. The summed E-state index contributed by atoms with van der Waals surface area (Å²) in [5.41, 5.74) is 9.61. The van der Waals surface area contributed by atoms with Crippen molar-refractivity contribution in [2.75, 3.05) is 11.5 Å². The Bertz CT molecular complexity index is 545. The molecule has 1 aromatic carbocycles. The first-order chi connectivity index (χ1) is 7.75. The van der Waals surface area contributed by atoms with Crippen LogP contribution in [0.2, 0.25) is 0 Å². The monoisotopic (exact) mass is 231 g/mol. The number of fused-ring (bicyclic) bond motifs is 1. The standard InChI is InChI=1S/C12H13N3S/c1-15-12(13)10(7-14-15)8-2-3-11-9(6-8)4-5-16-11/h2-3,6-7H,4-5,13H2,1H3. The molecule has 0 amide bonds. The zero-order valence-electron chi connectivity index (χ0n) is 9.10. The fourth-order valence-electron chi connectivity index (χ4n) is 2.02. The number of aryl methyl sites for hydroxylation is 2. The lowest BCUT2D eigenvalue weighted by Gasteiger charge is -2.03. The third-order valence-corrected chi connectivity index (χ3v) is 4.10. The molecule has 0 saturated heterocycles. The first-order valence-electron chi connectivity index (χ1n) is 5.29. The number of nitrogens with two attached hydrogens (primary N) is 1. The molecular weight excluding hydrogens is 218 g/mol. The number of hydrogen-bond donors (Lipinski definition) is 1. The van der Waals surface area contributed by atoms with E-state index in [4.69, 9.17) is 5.73 Å². The third kappa shape index (κ3) is 1.41. The van der Waals surface area contributed by atoms with Crippen molar-refractivity contribution in [3.05, 3.63) is 30.0 Å².